The van der Waals surface area contributed by atoms with Crippen molar-refractivity contribution in [1.82, 2.24) is 0 Å². The van der Waals surface area contributed by atoms with Crippen LogP contribution in [0.5, 0.6) is 5.75 Å². The fourth-order valence-corrected chi connectivity index (χ4v) is 2.73. The number of oxime groups is 1. The number of benzene rings is 1. The number of rotatable bonds is 3. The number of amidine groups is 1. The van der Waals surface area contributed by atoms with Crippen molar-refractivity contribution in [1.29, 1.82) is 0 Å². The fraction of sp³-hybridized carbons (Fsp3) is 0.562. The highest BCUT2D eigenvalue weighted by atomic mass is 16.5. The van der Waals surface area contributed by atoms with Crippen molar-refractivity contribution in [3.05, 3.63) is 29.3 Å². The molecule has 1 aliphatic carbocycles. The molecule has 20 heavy (non-hydrogen) atoms. The summed E-state index contributed by atoms with van der Waals surface area (Å²) in [6.07, 6.45) is 4.93. The summed E-state index contributed by atoms with van der Waals surface area (Å²) in [6.45, 7) is 6.57. The molecule has 0 bridgehead atoms. The van der Waals surface area contributed by atoms with Gasteiger partial charge in [0, 0.05) is 5.56 Å². The third-order valence-electron chi connectivity index (χ3n) is 4.17. The molecule has 2 rings (SSSR count). The zero-order valence-electron chi connectivity index (χ0n) is 12.5. The van der Waals surface area contributed by atoms with Crippen molar-refractivity contribution < 1.29 is 9.94 Å². The SMILES string of the molecule is Cc1cc(OC2CCC(C)(C)CC2)ccc1/C(N)=N/O. The molecular formula is C16H24N2O2. The van der Waals surface area contributed by atoms with Crippen LogP contribution >= 0.6 is 0 Å². The number of ether oxygens (including phenoxy) is 1. The lowest BCUT2D eigenvalue weighted by molar-refractivity contribution is 0.0987. The van der Waals surface area contributed by atoms with Crippen molar-refractivity contribution in [2.24, 2.45) is 16.3 Å². The minimum absolute atomic E-state index is 0.133. The lowest BCUT2D eigenvalue weighted by Crippen LogP contribution is -2.28. The van der Waals surface area contributed by atoms with Gasteiger partial charge >= 0.3 is 0 Å². The molecular weight excluding hydrogens is 252 g/mol. The van der Waals surface area contributed by atoms with Gasteiger partial charge in [-0.15, -0.1) is 0 Å². The van der Waals surface area contributed by atoms with Crippen LogP contribution < -0.4 is 10.5 Å². The Balaban J connectivity index is 2.03. The second-order valence-electron chi connectivity index (χ2n) is 6.44. The molecule has 0 saturated heterocycles. The summed E-state index contributed by atoms with van der Waals surface area (Å²) in [7, 11) is 0. The second-order valence-corrected chi connectivity index (χ2v) is 6.44. The molecule has 3 N–H and O–H groups in total. The van der Waals surface area contributed by atoms with Crippen LogP contribution in [0.4, 0.5) is 0 Å². The summed E-state index contributed by atoms with van der Waals surface area (Å²) >= 11 is 0. The zero-order chi connectivity index (χ0) is 14.8. The van der Waals surface area contributed by atoms with Crippen LogP contribution in [-0.4, -0.2) is 17.1 Å². The molecule has 0 aliphatic heterocycles. The van der Waals surface area contributed by atoms with Crippen LogP contribution in [0.3, 0.4) is 0 Å². The van der Waals surface area contributed by atoms with E-state index in [1.807, 2.05) is 25.1 Å². The molecule has 1 aromatic carbocycles. The van der Waals surface area contributed by atoms with Crippen molar-refractivity contribution in [3.8, 4) is 5.75 Å². The van der Waals surface area contributed by atoms with Crippen LogP contribution in [0.2, 0.25) is 0 Å². The molecule has 0 unspecified atom stereocenters. The molecule has 0 amide bonds. The Morgan fingerprint density at radius 1 is 1.35 bits per heavy atom. The number of hydrogen-bond donors (Lipinski definition) is 2. The van der Waals surface area contributed by atoms with Gasteiger partial charge < -0.3 is 15.7 Å². The summed E-state index contributed by atoms with van der Waals surface area (Å²) < 4.78 is 6.05. The molecule has 0 spiro atoms. The van der Waals surface area contributed by atoms with Crippen LogP contribution in [0.25, 0.3) is 0 Å². The van der Waals surface area contributed by atoms with Crippen LogP contribution in [-0.2, 0) is 0 Å². The maximum atomic E-state index is 8.72. The molecule has 0 heterocycles. The van der Waals surface area contributed by atoms with Crippen molar-refractivity contribution in [3.63, 3.8) is 0 Å². The Bertz CT molecular complexity index is 499. The number of aryl methyl sites for hydroxylation is 1. The van der Waals surface area contributed by atoms with Gasteiger partial charge in [0.2, 0.25) is 0 Å². The Morgan fingerprint density at radius 3 is 2.55 bits per heavy atom. The Kier molecular flexibility index (Phi) is 4.21. The third kappa shape index (κ3) is 3.44. The third-order valence-corrected chi connectivity index (χ3v) is 4.17. The number of nitrogens with two attached hydrogens (primary N) is 1. The monoisotopic (exact) mass is 276 g/mol. The van der Waals surface area contributed by atoms with E-state index in [1.165, 1.54) is 12.8 Å². The van der Waals surface area contributed by atoms with Gasteiger partial charge in [-0.2, -0.15) is 0 Å². The van der Waals surface area contributed by atoms with Gasteiger partial charge in [-0.3, -0.25) is 0 Å². The summed E-state index contributed by atoms with van der Waals surface area (Å²) in [5.41, 5.74) is 7.76. The minimum Gasteiger partial charge on any atom is -0.490 e. The first-order valence-electron chi connectivity index (χ1n) is 7.16. The molecule has 1 saturated carbocycles. The predicted molar refractivity (Wildman–Crippen MR) is 80.4 cm³/mol. The first-order valence-corrected chi connectivity index (χ1v) is 7.16. The smallest absolute Gasteiger partial charge is 0.170 e. The molecule has 1 aromatic rings. The largest absolute Gasteiger partial charge is 0.490 e. The van der Waals surface area contributed by atoms with Gasteiger partial charge in [0.25, 0.3) is 0 Å². The van der Waals surface area contributed by atoms with Gasteiger partial charge in [0.1, 0.15) is 5.75 Å². The van der Waals surface area contributed by atoms with Gasteiger partial charge in [-0.05, 0) is 61.8 Å². The van der Waals surface area contributed by atoms with Gasteiger partial charge in [-0.1, -0.05) is 19.0 Å². The summed E-state index contributed by atoms with van der Waals surface area (Å²) in [5.74, 6) is 0.996. The first-order chi connectivity index (χ1) is 9.41. The van der Waals surface area contributed by atoms with Crippen LogP contribution in [0.1, 0.15) is 50.7 Å². The molecule has 1 aliphatic rings. The summed E-state index contributed by atoms with van der Waals surface area (Å²) in [6, 6.07) is 5.68. The van der Waals surface area contributed by atoms with Gasteiger partial charge in [0.05, 0.1) is 6.10 Å². The molecule has 4 nitrogen and oxygen atoms in total. The zero-order valence-corrected chi connectivity index (χ0v) is 12.5. The van der Waals surface area contributed by atoms with Gasteiger partial charge in [0.15, 0.2) is 5.84 Å². The first kappa shape index (κ1) is 14.7. The van der Waals surface area contributed by atoms with Gasteiger partial charge in [-0.25, -0.2) is 0 Å². The van der Waals surface area contributed by atoms with Crippen molar-refractivity contribution in [2.75, 3.05) is 0 Å². The maximum absolute atomic E-state index is 8.72. The topological polar surface area (TPSA) is 67.8 Å². The summed E-state index contributed by atoms with van der Waals surface area (Å²) in [4.78, 5) is 0. The van der Waals surface area contributed by atoms with E-state index >= 15 is 0 Å². The lowest BCUT2D eigenvalue weighted by Gasteiger charge is -2.34. The minimum atomic E-state index is 0.133. The molecule has 4 heteroatoms. The summed E-state index contributed by atoms with van der Waals surface area (Å²) in [5, 5.41) is 11.8. The molecule has 110 valence electrons. The lowest BCUT2D eigenvalue weighted by atomic mass is 9.76. The molecule has 1 fully saturated rings. The highest BCUT2D eigenvalue weighted by Crippen LogP contribution is 2.36. The Labute approximate surface area is 120 Å². The van der Waals surface area contributed by atoms with Crippen molar-refractivity contribution >= 4 is 5.84 Å². The van der Waals surface area contributed by atoms with Crippen LogP contribution in [0, 0.1) is 12.3 Å². The molecule has 0 aromatic heterocycles. The predicted octanol–water partition coefficient (Wildman–Crippen LogP) is 3.44. The number of hydrogen-bond acceptors (Lipinski definition) is 3. The van der Waals surface area contributed by atoms with E-state index < -0.39 is 0 Å². The van der Waals surface area contributed by atoms with E-state index in [1.54, 1.807) is 0 Å². The average molecular weight is 276 g/mol. The van der Waals surface area contributed by atoms with Crippen LogP contribution in [0.15, 0.2) is 23.4 Å². The Morgan fingerprint density at radius 2 is 2.00 bits per heavy atom. The quantitative estimate of drug-likeness (QED) is 0.384. The fourth-order valence-electron chi connectivity index (χ4n) is 2.73. The van der Waals surface area contributed by atoms with Crippen molar-refractivity contribution in [2.45, 2.75) is 52.6 Å². The molecule has 0 atom stereocenters. The maximum Gasteiger partial charge on any atom is 0.170 e. The average Bonchev–Trinajstić information content (AvgIpc) is 2.40. The van der Waals surface area contributed by atoms with E-state index in [2.05, 4.69) is 19.0 Å². The van der Waals surface area contributed by atoms with E-state index in [0.29, 0.717) is 11.5 Å². The van der Waals surface area contributed by atoms with E-state index in [4.69, 9.17) is 15.7 Å². The standard InChI is InChI=1S/C16H24N2O2/c1-11-10-13(4-5-14(11)15(17)18-19)20-12-6-8-16(2,3)9-7-12/h4-5,10,12,19H,6-9H2,1-3H3,(H2,17,18). The van der Waals surface area contributed by atoms with E-state index in [9.17, 15) is 0 Å². The normalized spacial score (nSPS) is 19.9. The highest BCUT2D eigenvalue weighted by molar-refractivity contribution is 5.98. The van der Waals surface area contributed by atoms with E-state index in [0.717, 1.165) is 29.7 Å². The highest BCUT2D eigenvalue weighted by Gasteiger charge is 2.27. The molecule has 0 radical (unpaired) electrons. The van der Waals surface area contributed by atoms with E-state index in [-0.39, 0.29) is 5.84 Å². The number of nitrogens with zero attached hydrogens (tertiary/aromatic N) is 1. The Hall–Kier alpha value is -1.71. The second kappa shape index (κ2) is 5.73.